The van der Waals surface area contributed by atoms with Gasteiger partial charge in [0, 0.05) is 5.56 Å². The molecule has 0 aliphatic carbocycles. The van der Waals surface area contributed by atoms with Gasteiger partial charge >= 0.3 is 0 Å². The molecule has 0 radical (unpaired) electrons. The molecule has 0 amide bonds. The van der Waals surface area contributed by atoms with Crippen molar-refractivity contribution in [2.24, 2.45) is 0 Å². The topological polar surface area (TPSA) is 0 Å². The summed E-state index contributed by atoms with van der Waals surface area (Å²) < 4.78 is 0.966. The monoisotopic (exact) mass is 303 g/mol. The van der Waals surface area contributed by atoms with Crippen molar-refractivity contribution in [3.63, 3.8) is 0 Å². The Morgan fingerprint density at radius 2 is 1.64 bits per heavy atom. The first-order valence-electron chi connectivity index (χ1n) is 4.53. The van der Waals surface area contributed by atoms with E-state index in [4.69, 9.17) is 0 Å². The van der Waals surface area contributed by atoms with Crippen LogP contribution in [0.4, 0.5) is 0 Å². The summed E-state index contributed by atoms with van der Waals surface area (Å²) >= 11 is 0. The van der Waals surface area contributed by atoms with Gasteiger partial charge in [0.25, 0.3) is 0 Å². The zero-order chi connectivity index (χ0) is 9.90. The molecule has 0 aliphatic heterocycles. The lowest BCUT2D eigenvalue weighted by Crippen LogP contribution is -3.00. The molecule has 0 bridgehead atoms. The number of rotatable bonds is 3. The number of hydrogen-bond acceptors (Lipinski definition) is 0. The molecule has 0 aliphatic rings. The quantitative estimate of drug-likeness (QED) is 0.524. The van der Waals surface area contributed by atoms with E-state index in [0.717, 1.165) is 11.0 Å². The van der Waals surface area contributed by atoms with E-state index < -0.39 is 0 Å². The standard InChI is InChI=1S/C12H18N.HI/c1-5-11-6-8-12(9-7-11)10-13(2,3)4;/h5-9H,1,10H2,2-4H3;1H/q+1;/p-1. The van der Waals surface area contributed by atoms with Gasteiger partial charge in [0.1, 0.15) is 6.54 Å². The molecule has 1 aromatic carbocycles. The summed E-state index contributed by atoms with van der Waals surface area (Å²) in [4.78, 5) is 0. The van der Waals surface area contributed by atoms with Gasteiger partial charge in [-0.1, -0.05) is 36.9 Å². The first-order valence-corrected chi connectivity index (χ1v) is 4.53. The predicted molar refractivity (Wildman–Crippen MR) is 58.3 cm³/mol. The van der Waals surface area contributed by atoms with Crippen molar-refractivity contribution in [1.29, 1.82) is 0 Å². The second-order valence-electron chi connectivity index (χ2n) is 4.39. The fourth-order valence-corrected chi connectivity index (χ4v) is 1.31. The van der Waals surface area contributed by atoms with Gasteiger partial charge in [-0.15, -0.1) is 0 Å². The van der Waals surface area contributed by atoms with Gasteiger partial charge in [-0.05, 0) is 5.56 Å². The van der Waals surface area contributed by atoms with Crippen LogP contribution in [0.5, 0.6) is 0 Å². The second kappa shape index (κ2) is 5.51. The van der Waals surface area contributed by atoms with Gasteiger partial charge in [0.2, 0.25) is 0 Å². The first-order chi connectivity index (χ1) is 6.01. The molecule has 0 fully saturated rings. The van der Waals surface area contributed by atoms with E-state index in [1.54, 1.807) is 0 Å². The Bertz CT molecular complexity index is 282. The van der Waals surface area contributed by atoms with E-state index in [9.17, 15) is 0 Å². The lowest BCUT2D eigenvalue weighted by atomic mass is 10.1. The third-order valence-electron chi connectivity index (χ3n) is 1.87. The third-order valence-corrected chi connectivity index (χ3v) is 1.87. The average molecular weight is 303 g/mol. The summed E-state index contributed by atoms with van der Waals surface area (Å²) in [6.07, 6.45) is 1.87. The number of benzene rings is 1. The number of quaternary nitrogens is 1. The van der Waals surface area contributed by atoms with Crippen LogP contribution in [0.2, 0.25) is 0 Å². The van der Waals surface area contributed by atoms with Crippen LogP contribution in [-0.4, -0.2) is 25.6 Å². The maximum atomic E-state index is 3.73. The number of nitrogens with zero attached hydrogens (tertiary/aromatic N) is 1. The van der Waals surface area contributed by atoms with Gasteiger partial charge in [-0.3, -0.25) is 0 Å². The minimum absolute atomic E-state index is 0. The Balaban J connectivity index is 0.00000169. The summed E-state index contributed by atoms with van der Waals surface area (Å²) in [6, 6.07) is 8.55. The first kappa shape index (κ1) is 13.7. The fraction of sp³-hybridized carbons (Fsp3) is 0.333. The smallest absolute Gasteiger partial charge is 0.104 e. The van der Waals surface area contributed by atoms with Gasteiger partial charge in [0.15, 0.2) is 0 Å². The SMILES string of the molecule is C=Cc1ccc(C[N+](C)(C)C)cc1.[I-]. The van der Waals surface area contributed by atoms with Crippen molar-refractivity contribution in [3.8, 4) is 0 Å². The number of halogens is 1. The molecule has 14 heavy (non-hydrogen) atoms. The molecule has 0 N–H and O–H groups in total. The zero-order valence-corrected chi connectivity index (χ0v) is 11.3. The molecule has 0 spiro atoms. The summed E-state index contributed by atoms with van der Waals surface area (Å²) in [7, 11) is 6.59. The normalized spacial score (nSPS) is 10.5. The van der Waals surface area contributed by atoms with Crippen LogP contribution in [-0.2, 0) is 6.54 Å². The van der Waals surface area contributed by atoms with E-state index >= 15 is 0 Å². The van der Waals surface area contributed by atoms with E-state index in [1.165, 1.54) is 11.1 Å². The summed E-state index contributed by atoms with van der Waals surface area (Å²) in [5, 5.41) is 0. The highest BCUT2D eigenvalue weighted by Crippen LogP contribution is 2.09. The summed E-state index contributed by atoms with van der Waals surface area (Å²) in [5.41, 5.74) is 2.56. The van der Waals surface area contributed by atoms with E-state index in [-0.39, 0.29) is 24.0 Å². The Morgan fingerprint density at radius 3 is 2.00 bits per heavy atom. The van der Waals surface area contributed by atoms with Crippen molar-refractivity contribution in [3.05, 3.63) is 42.0 Å². The zero-order valence-electron chi connectivity index (χ0n) is 9.13. The molecule has 2 heteroatoms. The predicted octanol–water partition coefficient (Wildman–Crippen LogP) is -0.460. The lowest BCUT2D eigenvalue weighted by molar-refractivity contribution is -0.884. The summed E-state index contributed by atoms with van der Waals surface area (Å²) in [6.45, 7) is 4.80. The van der Waals surface area contributed by atoms with Crippen LogP contribution < -0.4 is 24.0 Å². The molecule has 0 heterocycles. The highest BCUT2D eigenvalue weighted by atomic mass is 127. The van der Waals surface area contributed by atoms with Gasteiger partial charge in [0.05, 0.1) is 21.1 Å². The Morgan fingerprint density at radius 1 is 1.14 bits per heavy atom. The Kier molecular flexibility index (Phi) is 5.37. The van der Waals surface area contributed by atoms with Crippen LogP contribution in [0.1, 0.15) is 11.1 Å². The Hall–Kier alpha value is -0.350. The van der Waals surface area contributed by atoms with E-state index in [2.05, 4.69) is 52.0 Å². The average Bonchev–Trinajstić information content (AvgIpc) is 2.03. The fourth-order valence-electron chi connectivity index (χ4n) is 1.31. The van der Waals surface area contributed by atoms with E-state index in [0.29, 0.717) is 0 Å². The van der Waals surface area contributed by atoms with Crippen LogP contribution in [0.25, 0.3) is 6.08 Å². The van der Waals surface area contributed by atoms with Crippen molar-refractivity contribution < 1.29 is 28.5 Å². The second-order valence-corrected chi connectivity index (χ2v) is 4.39. The molecule has 1 aromatic rings. The largest absolute Gasteiger partial charge is 1.00 e. The minimum atomic E-state index is 0. The molecule has 78 valence electrons. The van der Waals surface area contributed by atoms with Crippen LogP contribution in [0.3, 0.4) is 0 Å². The van der Waals surface area contributed by atoms with Crippen molar-refractivity contribution >= 4 is 6.08 Å². The van der Waals surface area contributed by atoms with Gasteiger partial charge in [-0.25, -0.2) is 0 Å². The van der Waals surface area contributed by atoms with Crippen LogP contribution >= 0.6 is 0 Å². The van der Waals surface area contributed by atoms with Gasteiger partial charge < -0.3 is 28.5 Å². The molecule has 0 saturated heterocycles. The van der Waals surface area contributed by atoms with E-state index in [1.807, 2.05) is 6.08 Å². The summed E-state index contributed by atoms with van der Waals surface area (Å²) in [5.74, 6) is 0. The van der Waals surface area contributed by atoms with Crippen molar-refractivity contribution in [1.82, 2.24) is 0 Å². The number of hydrogen-bond donors (Lipinski definition) is 0. The van der Waals surface area contributed by atoms with Crippen LogP contribution in [0, 0.1) is 0 Å². The maximum absolute atomic E-state index is 3.73. The highest BCUT2D eigenvalue weighted by molar-refractivity contribution is 5.47. The minimum Gasteiger partial charge on any atom is -1.00 e. The molecular weight excluding hydrogens is 285 g/mol. The molecule has 0 saturated carbocycles. The molecule has 0 unspecified atom stereocenters. The van der Waals surface area contributed by atoms with Gasteiger partial charge in [-0.2, -0.15) is 0 Å². The molecule has 1 nitrogen and oxygen atoms in total. The molecule has 1 rings (SSSR count). The molecule has 0 atom stereocenters. The maximum Gasteiger partial charge on any atom is 0.104 e. The highest BCUT2D eigenvalue weighted by Gasteiger charge is 2.07. The third kappa shape index (κ3) is 4.77. The lowest BCUT2D eigenvalue weighted by Gasteiger charge is -2.23. The van der Waals surface area contributed by atoms with Crippen molar-refractivity contribution in [2.75, 3.05) is 21.1 Å². The van der Waals surface area contributed by atoms with Crippen molar-refractivity contribution in [2.45, 2.75) is 6.54 Å². The van der Waals surface area contributed by atoms with Crippen LogP contribution in [0.15, 0.2) is 30.8 Å². The molecule has 0 aromatic heterocycles. The Labute approximate surface area is 104 Å². The molecular formula is C12H18IN.